The van der Waals surface area contributed by atoms with Crippen molar-refractivity contribution in [3.05, 3.63) is 0 Å². The predicted octanol–water partition coefficient (Wildman–Crippen LogP) is 0.525. The second-order valence-electron chi connectivity index (χ2n) is 5.10. The lowest BCUT2D eigenvalue weighted by atomic mass is 10.0. The first kappa shape index (κ1) is 17.4. The Labute approximate surface area is 124 Å². The van der Waals surface area contributed by atoms with Crippen molar-refractivity contribution < 1.29 is 29.0 Å². The summed E-state index contributed by atoms with van der Waals surface area (Å²) in [5.41, 5.74) is 0. The minimum atomic E-state index is -0.862. The van der Waals surface area contributed by atoms with E-state index in [1.807, 2.05) is 0 Å². The van der Waals surface area contributed by atoms with Crippen LogP contribution < -0.4 is 0 Å². The highest BCUT2D eigenvalue weighted by molar-refractivity contribution is 5.84. The van der Waals surface area contributed by atoms with Crippen LogP contribution in [0.5, 0.6) is 0 Å². The Balaban J connectivity index is 2.62. The summed E-state index contributed by atoms with van der Waals surface area (Å²) < 4.78 is 9.80. The maximum Gasteiger partial charge on any atom is 0.325 e. The van der Waals surface area contributed by atoms with Crippen molar-refractivity contribution in [1.29, 1.82) is 0 Å². The number of carbonyl (C=O) groups is 3. The van der Waals surface area contributed by atoms with Gasteiger partial charge < -0.3 is 19.5 Å². The van der Waals surface area contributed by atoms with Crippen molar-refractivity contribution >= 4 is 17.8 Å². The van der Waals surface area contributed by atoms with E-state index in [1.165, 1.54) is 12.0 Å². The number of hydrogen-bond acceptors (Lipinski definition) is 5. The van der Waals surface area contributed by atoms with Crippen LogP contribution in [0, 0.1) is 11.8 Å². The van der Waals surface area contributed by atoms with Crippen molar-refractivity contribution in [2.24, 2.45) is 11.8 Å². The summed E-state index contributed by atoms with van der Waals surface area (Å²) in [7, 11) is 1.52. The second kappa shape index (κ2) is 8.61. The van der Waals surface area contributed by atoms with Crippen LogP contribution in [0.25, 0.3) is 0 Å². The van der Waals surface area contributed by atoms with Crippen LogP contribution >= 0.6 is 0 Å². The molecule has 7 heteroatoms. The molecule has 1 aliphatic rings. The van der Waals surface area contributed by atoms with Crippen molar-refractivity contribution in [1.82, 2.24) is 4.90 Å². The number of nitrogens with zero attached hydrogens (tertiary/aromatic N) is 1. The zero-order valence-electron chi connectivity index (χ0n) is 12.5. The highest BCUT2D eigenvalue weighted by Crippen LogP contribution is 2.32. The fraction of sp³-hybridized carbons (Fsp3) is 0.786. The van der Waals surface area contributed by atoms with Crippen molar-refractivity contribution in [2.75, 3.05) is 33.4 Å². The molecule has 1 fully saturated rings. The number of carboxylic acid groups (broad SMARTS) is 1. The van der Waals surface area contributed by atoms with E-state index in [1.54, 1.807) is 6.92 Å². The van der Waals surface area contributed by atoms with E-state index < -0.39 is 17.9 Å². The fourth-order valence-electron chi connectivity index (χ4n) is 2.52. The van der Waals surface area contributed by atoms with Crippen molar-refractivity contribution in [2.45, 2.75) is 26.2 Å². The Hall–Kier alpha value is -1.63. The lowest BCUT2D eigenvalue weighted by molar-refractivity contribution is -0.151. The average molecular weight is 301 g/mol. The number of ether oxygens (including phenoxy) is 2. The van der Waals surface area contributed by atoms with Gasteiger partial charge in [-0.05, 0) is 26.2 Å². The molecule has 21 heavy (non-hydrogen) atoms. The molecule has 1 N–H and O–H groups in total. The largest absolute Gasteiger partial charge is 0.481 e. The number of amides is 1. The minimum Gasteiger partial charge on any atom is -0.481 e. The first-order chi connectivity index (χ1) is 9.99. The topological polar surface area (TPSA) is 93.1 Å². The normalized spacial score (nSPS) is 21.0. The molecule has 0 aliphatic heterocycles. The first-order valence-electron chi connectivity index (χ1n) is 7.15. The fourth-order valence-corrected chi connectivity index (χ4v) is 2.52. The number of hydrogen-bond donors (Lipinski definition) is 1. The first-order valence-corrected chi connectivity index (χ1v) is 7.15. The summed E-state index contributed by atoms with van der Waals surface area (Å²) in [6.07, 6.45) is 1.38. The monoisotopic (exact) mass is 301 g/mol. The van der Waals surface area contributed by atoms with Gasteiger partial charge in [-0.3, -0.25) is 14.4 Å². The Bertz CT molecular complexity index is 384. The number of aliphatic carboxylic acids is 1. The van der Waals surface area contributed by atoms with E-state index >= 15 is 0 Å². The molecule has 0 radical (unpaired) electrons. The molecule has 120 valence electrons. The van der Waals surface area contributed by atoms with Gasteiger partial charge >= 0.3 is 11.9 Å². The van der Waals surface area contributed by atoms with Gasteiger partial charge in [0.1, 0.15) is 6.54 Å². The number of rotatable bonds is 8. The van der Waals surface area contributed by atoms with Crippen LogP contribution in [-0.4, -0.2) is 61.3 Å². The molecule has 2 atom stereocenters. The molecule has 1 saturated carbocycles. The Kier molecular flexibility index (Phi) is 7.14. The molecule has 0 heterocycles. The smallest absolute Gasteiger partial charge is 0.325 e. The van der Waals surface area contributed by atoms with Crippen LogP contribution in [0.15, 0.2) is 0 Å². The number of carboxylic acids is 1. The van der Waals surface area contributed by atoms with Gasteiger partial charge in [-0.1, -0.05) is 0 Å². The molecule has 0 aromatic rings. The summed E-state index contributed by atoms with van der Waals surface area (Å²) in [6.45, 7) is 2.45. The average Bonchev–Trinajstić information content (AvgIpc) is 2.93. The van der Waals surface area contributed by atoms with Gasteiger partial charge in [-0.2, -0.15) is 0 Å². The molecule has 0 saturated heterocycles. The molecule has 1 rings (SSSR count). The van der Waals surface area contributed by atoms with Crippen LogP contribution in [0.1, 0.15) is 26.2 Å². The second-order valence-corrected chi connectivity index (χ2v) is 5.10. The quantitative estimate of drug-likeness (QED) is 0.657. The van der Waals surface area contributed by atoms with E-state index in [0.29, 0.717) is 32.4 Å². The summed E-state index contributed by atoms with van der Waals surface area (Å²) >= 11 is 0. The SMILES string of the molecule is CCOC(=O)CN(CCOC)C(=O)[C@@H]1CC[C@H](C(=O)O)C1. The van der Waals surface area contributed by atoms with E-state index in [9.17, 15) is 14.4 Å². The molecular weight excluding hydrogens is 278 g/mol. The van der Waals surface area contributed by atoms with Gasteiger partial charge in [0.2, 0.25) is 5.91 Å². The van der Waals surface area contributed by atoms with E-state index in [4.69, 9.17) is 14.6 Å². The van der Waals surface area contributed by atoms with Gasteiger partial charge in [0.25, 0.3) is 0 Å². The van der Waals surface area contributed by atoms with E-state index in [0.717, 1.165) is 0 Å². The van der Waals surface area contributed by atoms with Crippen molar-refractivity contribution in [3.8, 4) is 0 Å². The highest BCUT2D eigenvalue weighted by Gasteiger charge is 2.36. The number of methoxy groups -OCH3 is 1. The molecule has 0 unspecified atom stereocenters. The summed E-state index contributed by atoms with van der Waals surface area (Å²) in [4.78, 5) is 36.3. The molecule has 0 aromatic heterocycles. The Morgan fingerprint density at radius 2 is 1.90 bits per heavy atom. The molecule has 0 aromatic carbocycles. The highest BCUT2D eigenvalue weighted by atomic mass is 16.5. The third kappa shape index (κ3) is 5.34. The molecule has 1 amide bonds. The molecule has 1 aliphatic carbocycles. The third-order valence-electron chi connectivity index (χ3n) is 3.63. The zero-order chi connectivity index (χ0) is 15.8. The Morgan fingerprint density at radius 1 is 1.24 bits per heavy atom. The lowest BCUT2D eigenvalue weighted by Gasteiger charge is -2.24. The maximum absolute atomic E-state index is 12.4. The van der Waals surface area contributed by atoms with Crippen molar-refractivity contribution in [3.63, 3.8) is 0 Å². The minimum absolute atomic E-state index is 0.121. The molecular formula is C14H23NO6. The summed E-state index contributed by atoms with van der Waals surface area (Å²) in [6, 6.07) is 0. The van der Waals surface area contributed by atoms with E-state index in [2.05, 4.69) is 0 Å². The third-order valence-corrected chi connectivity index (χ3v) is 3.63. The molecule has 0 bridgehead atoms. The van der Waals surface area contributed by atoms with Gasteiger partial charge in [-0.25, -0.2) is 0 Å². The standard InChI is InChI=1S/C14H23NO6/c1-3-21-12(16)9-15(6-7-20-2)13(17)10-4-5-11(8-10)14(18)19/h10-11H,3-9H2,1-2H3,(H,18,19)/t10-,11+/m1/s1. The maximum atomic E-state index is 12.4. The Morgan fingerprint density at radius 3 is 2.43 bits per heavy atom. The van der Waals surface area contributed by atoms with Crippen LogP contribution in [-0.2, 0) is 23.9 Å². The van der Waals surface area contributed by atoms with Crippen LogP contribution in [0.4, 0.5) is 0 Å². The van der Waals surface area contributed by atoms with Gasteiger partial charge in [0, 0.05) is 19.6 Å². The molecule has 0 spiro atoms. The van der Waals surface area contributed by atoms with Gasteiger partial charge in [0.05, 0.1) is 19.1 Å². The van der Waals surface area contributed by atoms with Crippen LogP contribution in [0.3, 0.4) is 0 Å². The summed E-state index contributed by atoms with van der Waals surface area (Å²) in [5, 5.41) is 8.99. The molecule has 7 nitrogen and oxygen atoms in total. The van der Waals surface area contributed by atoms with Gasteiger partial charge in [-0.15, -0.1) is 0 Å². The number of esters is 1. The zero-order valence-corrected chi connectivity index (χ0v) is 12.5. The lowest BCUT2D eigenvalue weighted by Crippen LogP contribution is -2.41. The summed E-state index contributed by atoms with van der Waals surface area (Å²) in [5.74, 6) is -2.32. The van der Waals surface area contributed by atoms with E-state index in [-0.39, 0.29) is 25.0 Å². The predicted molar refractivity (Wildman–Crippen MR) is 73.6 cm³/mol. The van der Waals surface area contributed by atoms with Gasteiger partial charge in [0.15, 0.2) is 0 Å². The van der Waals surface area contributed by atoms with Crippen LogP contribution in [0.2, 0.25) is 0 Å². The number of carbonyl (C=O) groups excluding carboxylic acids is 2.